The van der Waals surface area contributed by atoms with Gasteiger partial charge in [0.05, 0.1) is 32.1 Å². The van der Waals surface area contributed by atoms with E-state index < -0.39 is 0 Å². The maximum absolute atomic E-state index is 8.72. The van der Waals surface area contributed by atoms with Crippen molar-refractivity contribution in [3.8, 4) is 17.6 Å². The molecule has 0 atom stereocenters. The van der Waals surface area contributed by atoms with Crippen LogP contribution in [0.5, 0.6) is 11.5 Å². The molecule has 0 bridgehead atoms. The Balaban J connectivity index is 1.93. The largest absolute Gasteiger partial charge is 0.493 e. The van der Waals surface area contributed by atoms with Crippen LogP contribution in [0, 0.1) is 11.3 Å². The summed E-state index contributed by atoms with van der Waals surface area (Å²) in [4.78, 5) is 5.24. The summed E-state index contributed by atoms with van der Waals surface area (Å²) in [6.07, 6.45) is 1.60. The van der Waals surface area contributed by atoms with E-state index in [1.54, 1.807) is 38.6 Å². The van der Waals surface area contributed by atoms with Crippen LogP contribution >= 0.6 is 0 Å². The molecule has 0 aromatic heterocycles. The van der Waals surface area contributed by atoms with Gasteiger partial charge in [0, 0.05) is 5.56 Å². The SMILES string of the molecule is COc1ccc(/C=N\OCc2ccc(C#N)cc2)cc1OC. The van der Waals surface area contributed by atoms with E-state index in [0.717, 1.165) is 11.1 Å². The second-order valence-corrected chi connectivity index (χ2v) is 4.43. The fraction of sp³-hybridized carbons (Fsp3) is 0.176. The Morgan fingerprint density at radius 2 is 1.77 bits per heavy atom. The average Bonchev–Trinajstić information content (AvgIpc) is 2.59. The molecule has 0 heterocycles. The number of hydrogen-bond donors (Lipinski definition) is 0. The Bertz CT molecular complexity index is 688. The van der Waals surface area contributed by atoms with Crippen molar-refractivity contribution < 1.29 is 14.3 Å². The van der Waals surface area contributed by atoms with Crippen LogP contribution < -0.4 is 9.47 Å². The zero-order valence-corrected chi connectivity index (χ0v) is 12.4. The van der Waals surface area contributed by atoms with Crippen LogP contribution in [0.25, 0.3) is 0 Å². The van der Waals surface area contributed by atoms with Crippen molar-refractivity contribution >= 4 is 6.21 Å². The van der Waals surface area contributed by atoms with E-state index >= 15 is 0 Å². The normalized spacial score (nSPS) is 10.2. The summed E-state index contributed by atoms with van der Waals surface area (Å²) >= 11 is 0. The number of hydrogen-bond acceptors (Lipinski definition) is 5. The molecule has 112 valence electrons. The molecule has 0 radical (unpaired) electrons. The second-order valence-electron chi connectivity index (χ2n) is 4.43. The van der Waals surface area contributed by atoms with Gasteiger partial charge < -0.3 is 14.3 Å². The van der Waals surface area contributed by atoms with Gasteiger partial charge in [-0.15, -0.1) is 0 Å². The molecule has 0 saturated carbocycles. The molecular formula is C17H16N2O3. The fourth-order valence-corrected chi connectivity index (χ4v) is 1.82. The number of benzene rings is 2. The van der Waals surface area contributed by atoms with Crippen molar-refractivity contribution in [1.29, 1.82) is 5.26 Å². The van der Waals surface area contributed by atoms with Gasteiger partial charge in [-0.25, -0.2) is 0 Å². The summed E-state index contributed by atoms with van der Waals surface area (Å²) in [5.41, 5.74) is 2.42. The molecule has 0 aliphatic heterocycles. The molecule has 0 fully saturated rings. The van der Waals surface area contributed by atoms with Crippen LogP contribution in [-0.2, 0) is 11.4 Å². The summed E-state index contributed by atoms with van der Waals surface area (Å²) in [6, 6.07) is 14.7. The highest BCUT2D eigenvalue weighted by atomic mass is 16.6. The molecule has 0 N–H and O–H groups in total. The monoisotopic (exact) mass is 296 g/mol. The highest BCUT2D eigenvalue weighted by Gasteiger charge is 2.03. The van der Waals surface area contributed by atoms with Gasteiger partial charge in [0.25, 0.3) is 0 Å². The molecule has 5 heteroatoms. The zero-order valence-electron chi connectivity index (χ0n) is 12.4. The third kappa shape index (κ3) is 4.00. The molecule has 0 spiro atoms. The number of methoxy groups -OCH3 is 2. The van der Waals surface area contributed by atoms with Crippen LogP contribution in [0.3, 0.4) is 0 Å². The Kier molecular flexibility index (Phi) is 5.38. The predicted octanol–water partition coefficient (Wildman–Crippen LogP) is 3.13. The van der Waals surface area contributed by atoms with E-state index in [1.807, 2.05) is 24.3 Å². The number of oxime groups is 1. The van der Waals surface area contributed by atoms with E-state index in [1.165, 1.54) is 0 Å². The smallest absolute Gasteiger partial charge is 0.161 e. The van der Waals surface area contributed by atoms with E-state index in [9.17, 15) is 0 Å². The number of nitriles is 1. The first-order chi connectivity index (χ1) is 10.8. The lowest BCUT2D eigenvalue weighted by molar-refractivity contribution is 0.132. The number of rotatable bonds is 6. The minimum absolute atomic E-state index is 0.343. The first-order valence-electron chi connectivity index (χ1n) is 6.63. The maximum Gasteiger partial charge on any atom is 0.161 e. The van der Waals surface area contributed by atoms with Gasteiger partial charge >= 0.3 is 0 Å². The van der Waals surface area contributed by atoms with Gasteiger partial charge in [0.1, 0.15) is 6.61 Å². The lowest BCUT2D eigenvalue weighted by atomic mass is 10.2. The van der Waals surface area contributed by atoms with Gasteiger partial charge in [-0.1, -0.05) is 17.3 Å². The molecule has 0 saturated heterocycles. The van der Waals surface area contributed by atoms with Crippen molar-refractivity contribution in [2.24, 2.45) is 5.16 Å². The average molecular weight is 296 g/mol. The van der Waals surface area contributed by atoms with Crippen LogP contribution in [0.1, 0.15) is 16.7 Å². The number of ether oxygens (including phenoxy) is 2. The summed E-state index contributed by atoms with van der Waals surface area (Å²) in [5, 5.41) is 12.6. The van der Waals surface area contributed by atoms with Gasteiger partial charge in [-0.2, -0.15) is 5.26 Å². The zero-order chi connectivity index (χ0) is 15.8. The molecule has 2 aromatic rings. The van der Waals surface area contributed by atoms with Gasteiger partial charge in [-0.05, 0) is 35.9 Å². The first-order valence-corrected chi connectivity index (χ1v) is 6.63. The van der Waals surface area contributed by atoms with E-state index in [0.29, 0.717) is 23.7 Å². The standard InChI is InChI=1S/C17H16N2O3/c1-20-16-8-7-15(9-17(16)21-2)11-19-22-12-14-5-3-13(10-18)4-6-14/h3-9,11H,12H2,1-2H3/b19-11-. The van der Waals surface area contributed by atoms with Crippen LogP contribution in [0.2, 0.25) is 0 Å². The summed E-state index contributed by atoms with van der Waals surface area (Å²) in [6.45, 7) is 0.343. The fourth-order valence-electron chi connectivity index (χ4n) is 1.82. The van der Waals surface area contributed by atoms with Crippen molar-refractivity contribution in [1.82, 2.24) is 0 Å². The predicted molar refractivity (Wildman–Crippen MR) is 83.1 cm³/mol. The lowest BCUT2D eigenvalue weighted by Gasteiger charge is -2.07. The highest BCUT2D eigenvalue weighted by molar-refractivity contribution is 5.80. The Morgan fingerprint density at radius 3 is 2.41 bits per heavy atom. The van der Waals surface area contributed by atoms with Crippen molar-refractivity contribution in [3.63, 3.8) is 0 Å². The topological polar surface area (TPSA) is 63.8 Å². The summed E-state index contributed by atoms with van der Waals surface area (Å²) in [7, 11) is 3.17. The third-order valence-electron chi connectivity index (χ3n) is 3.00. The molecule has 0 aliphatic carbocycles. The maximum atomic E-state index is 8.72. The minimum Gasteiger partial charge on any atom is -0.493 e. The van der Waals surface area contributed by atoms with Crippen LogP contribution in [0.4, 0.5) is 0 Å². The van der Waals surface area contributed by atoms with Gasteiger partial charge in [0.2, 0.25) is 0 Å². The minimum atomic E-state index is 0.343. The summed E-state index contributed by atoms with van der Waals surface area (Å²) < 4.78 is 10.4. The van der Waals surface area contributed by atoms with E-state index in [2.05, 4.69) is 11.2 Å². The van der Waals surface area contributed by atoms with Crippen molar-refractivity contribution in [2.45, 2.75) is 6.61 Å². The lowest BCUT2D eigenvalue weighted by Crippen LogP contribution is -1.93. The molecular weight excluding hydrogens is 280 g/mol. The summed E-state index contributed by atoms with van der Waals surface area (Å²) in [5.74, 6) is 1.30. The van der Waals surface area contributed by atoms with Crippen LogP contribution in [-0.4, -0.2) is 20.4 Å². The molecule has 0 amide bonds. The van der Waals surface area contributed by atoms with Crippen molar-refractivity contribution in [3.05, 3.63) is 59.2 Å². The quantitative estimate of drug-likeness (QED) is 0.607. The van der Waals surface area contributed by atoms with Gasteiger partial charge in [-0.3, -0.25) is 0 Å². The molecule has 2 aromatic carbocycles. The molecule has 0 unspecified atom stereocenters. The molecule has 2 rings (SSSR count). The highest BCUT2D eigenvalue weighted by Crippen LogP contribution is 2.26. The second kappa shape index (κ2) is 7.70. The van der Waals surface area contributed by atoms with Crippen molar-refractivity contribution in [2.75, 3.05) is 14.2 Å². The third-order valence-corrected chi connectivity index (χ3v) is 3.00. The molecule has 0 aliphatic rings. The Hall–Kier alpha value is -3.00. The number of nitrogens with zero attached hydrogens (tertiary/aromatic N) is 2. The van der Waals surface area contributed by atoms with Gasteiger partial charge in [0.15, 0.2) is 11.5 Å². The Labute approximate surface area is 129 Å². The molecule has 5 nitrogen and oxygen atoms in total. The van der Waals surface area contributed by atoms with E-state index in [4.69, 9.17) is 19.6 Å². The Morgan fingerprint density at radius 1 is 1.05 bits per heavy atom. The first kappa shape index (κ1) is 15.4. The van der Waals surface area contributed by atoms with E-state index in [-0.39, 0.29) is 0 Å². The molecule has 22 heavy (non-hydrogen) atoms. The van der Waals surface area contributed by atoms with Crippen LogP contribution in [0.15, 0.2) is 47.6 Å².